The number of carbonyl (C=O) groups is 2. The fourth-order valence-electron chi connectivity index (χ4n) is 5.40. The molecule has 0 saturated carbocycles. The van der Waals surface area contributed by atoms with Gasteiger partial charge < -0.3 is 30.1 Å². The molecule has 0 fully saturated rings. The topological polar surface area (TPSA) is 138 Å². The number of rotatable bonds is 8. The van der Waals surface area contributed by atoms with Crippen molar-refractivity contribution in [3.05, 3.63) is 84.4 Å². The van der Waals surface area contributed by atoms with Gasteiger partial charge in [-0.3, -0.25) is 4.79 Å². The van der Waals surface area contributed by atoms with Crippen molar-refractivity contribution in [2.24, 2.45) is 5.92 Å². The molecule has 3 aromatic carbocycles. The van der Waals surface area contributed by atoms with Crippen molar-refractivity contribution in [2.75, 3.05) is 44.0 Å². The fourth-order valence-corrected chi connectivity index (χ4v) is 6.61. The Kier molecular flexibility index (Phi) is 12.8. The van der Waals surface area contributed by atoms with Crippen molar-refractivity contribution < 1.29 is 32.6 Å². The van der Waals surface area contributed by atoms with Gasteiger partial charge >= 0.3 is 6.03 Å². The van der Waals surface area contributed by atoms with Crippen LogP contribution in [0.4, 0.5) is 16.2 Å². The van der Waals surface area contributed by atoms with Crippen LogP contribution in [0.1, 0.15) is 50.4 Å². The predicted molar refractivity (Wildman–Crippen MR) is 182 cm³/mol. The Morgan fingerprint density at radius 2 is 1.66 bits per heavy atom. The van der Waals surface area contributed by atoms with E-state index in [1.54, 1.807) is 72.5 Å². The molecule has 1 aliphatic rings. The van der Waals surface area contributed by atoms with Crippen molar-refractivity contribution in [3.8, 4) is 5.75 Å². The highest BCUT2D eigenvalue weighted by atomic mass is 32.2. The van der Waals surface area contributed by atoms with Crippen LogP contribution in [0, 0.1) is 5.92 Å². The molecule has 1 heterocycles. The zero-order valence-electron chi connectivity index (χ0n) is 27.5. The van der Waals surface area contributed by atoms with Crippen LogP contribution in [0.5, 0.6) is 5.75 Å². The van der Waals surface area contributed by atoms with E-state index in [0.717, 1.165) is 12.8 Å². The second-order valence-electron chi connectivity index (χ2n) is 12.1. The third kappa shape index (κ3) is 9.77. The van der Waals surface area contributed by atoms with Gasteiger partial charge in [0.05, 0.1) is 35.3 Å². The van der Waals surface area contributed by atoms with Crippen LogP contribution >= 0.6 is 0 Å². The molecular formula is C35H46N4O7S. The van der Waals surface area contributed by atoms with Crippen molar-refractivity contribution >= 4 is 33.3 Å². The number of ether oxygens (including phenoxy) is 2. The van der Waals surface area contributed by atoms with E-state index in [4.69, 9.17) is 9.47 Å². The highest BCUT2D eigenvalue weighted by molar-refractivity contribution is 7.89. The van der Waals surface area contributed by atoms with Crippen molar-refractivity contribution in [1.82, 2.24) is 9.21 Å². The van der Waals surface area contributed by atoms with Crippen LogP contribution in [0.2, 0.25) is 0 Å². The SMILES string of the molecule is C[C@@H]1CN([C@@H](C)CO)C(=O)c2cc(NC(=O)Nc3ccccc3)ccc2O[C@@H](C)CCCCO[C@@H]1CN(C)S(=O)(=O)c1ccccc1. The zero-order valence-corrected chi connectivity index (χ0v) is 28.3. The molecule has 0 bridgehead atoms. The lowest BCUT2D eigenvalue weighted by molar-refractivity contribution is -0.00833. The van der Waals surface area contributed by atoms with Gasteiger partial charge in [0.2, 0.25) is 10.0 Å². The Morgan fingerprint density at radius 1 is 1.00 bits per heavy atom. The number of urea groups is 1. The van der Waals surface area contributed by atoms with Gasteiger partial charge in [0, 0.05) is 44.0 Å². The van der Waals surface area contributed by atoms with Gasteiger partial charge in [-0.1, -0.05) is 43.3 Å². The first-order valence-corrected chi connectivity index (χ1v) is 17.4. The third-order valence-corrected chi connectivity index (χ3v) is 10.1. The first-order valence-electron chi connectivity index (χ1n) is 16.0. The highest BCUT2D eigenvalue weighted by Crippen LogP contribution is 2.29. The number of fused-ring (bicyclic) bond motifs is 1. The van der Waals surface area contributed by atoms with Gasteiger partial charge in [-0.2, -0.15) is 4.31 Å². The summed E-state index contributed by atoms with van der Waals surface area (Å²) < 4.78 is 40.6. The number of hydrogen-bond donors (Lipinski definition) is 3. The van der Waals surface area contributed by atoms with E-state index in [0.29, 0.717) is 30.2 Å². The van der Waals surface area contributed by atoms with Crippen molar-refractivity contribution in [2.45, 2.75) is 63.2 Å². The molecule has 0 unspecified atom stereocenters. The Bertz CT molecular complexity index is 1570. The number of aliphatic hydroxyl groups excluding tert-OH is 1. The fraction of sp³-hybridized carbons (Fsp3) is 0.429. The quantitative estimate of drug-likeness (QED) is 0.291. The van der Waals surface area contributed by atoms with Crippen LogP contribution in [-0.2, 0) is 14.8 Å². The molecule has 11 nitrogen and oxygen atoms in total. The lowest BCUT2D eigenvalue weighted by atomic mass is 10.0. The number of carbonyl (C=O) groups excluding carboxylic acids is 2. The summed E-state index contributed by atoms with van der Waals surface area (Å²) in [5.74, 6) is -0.336. The minimum absolute atomic E-state index is 0.0780. The largest absolute Gasteiger partial charge is 0.490 e. The molecule has 47 heavy (non-hydrogen) atoms. The molecule has 3 N–H and O–H groups in total. The van der Waals surface area contributed by atoms with Crippen molar-refractivity contribution in [3.63, 3.8) is 0 Å². The van der Waals surface area contributed by atoms with E-state index in [1.807, 2.05) is 32.0 Å². The number of benzene rings is 3. The smallest absolute Gasteiger partial charge is 0.323 e. The molecule has 4 rings (SSSR count). The summed E-state index contributed by atoms with van der Waals surface area (Å²) in [5, 5.41) is 15.8. The number of para-hydroxylation sites is 1. The van der Waals surface area contributed by atoms with Crippen LogP contribution in [0.3, 0.4) is 0 Å². The van der Waals surface area contributed by atoms with E-state index in [-0.39, 0.29) is 42.2 Å². The number of nitrogens with one attached hydrogen (secondary N) is 2. The highest BCUT2D eigenvalue weighted by Gasteiger charge is 2.32. The van der Waals surface area contributed by atoms with Gasteiger partial charge in [0.15, 0.2) is 0 Å². The maximum Gasteiger partial charge on any atom is 0.323 e. The summed E-state index contributed by atoms with van der Waals surface area (Å²) in [6.45, 7) is 5.96. The summed E-state index contributed by atoms with van der Waals surface area (Å²) in [4.78, 5) is 28.8. The second kappa shape index (κ2) is 16.7. The summed E-state index contributed by atoms with van der Waals surface area (Å²) >= 11 is 0. The minimum Gasteiger partial charge on any atom is -0.490 e. The van der Waals surface area contributed by atoms with E-state index >= 15 is 0 Å². The van der Waals surface area contributed by atoms with Gasteiger partial charge in [0.25, 0.3) is 5.91 Å². The molecule has 0 spiro atoms. The van der Waals surface area contributed by atoms with Crippen LogP contribution in [0.25, 0.3) is 0 Å². The molecule has 0 saturated heterocycles. The van der Waals surface area contributed by atoms with Crippen molar-refractivity contribution in [1.29, 1.82) is 0 Å². The number of aliphatic hydroxyl groups is 1. The molecule has 0 aromatic heterocycles. The Hall–Kier alpha value is -3.97. The zero-order chi connectivity index (χ0) is 34.0. The number of likely N-dealkylation sites (N-methyl/N-ethyl adjacent to an activating group) is 1. The number of nitrogens with zero attached hydrogens (tertiary/aromatic N) is 2. The van der Waals surface area contributed by atoms with E-state index < -0.39 is 34.1 Å². The standard InChI is InChI=1S/C35H46N4O7S/c1-25-22-39(26(2)24-40)34(41)31-21-29(37-35(42)36-28-14-7-5-8-15-28)18-19-32(31)46-27(3)13-11-12-20-45-33(25)23-38(4)47(43,44)30-16-9-6-10-17-30/h5-10,14-19,21,25-27,33,40H,11-13,20,22-24H2,1-4H3,(H2,36,37,42)/t25-,26+,27+,33-/m1/s1. The molecule has 0 radical (unpaired) electrons. The monoisotopic (exact) mass is 666 g/mol. The van der Waals surface area contributed by atoms with Gasteiger partial charge in [0.1, 0.15) is 5.75 Å². The molecule has 1 aliphatic heterocycles. The number of anilines is 2. The average Bonchev–Trinajstić information content (AvgIpc) is 3.06. The summed E-state index contributed by atoms with van der Waals surface area (Å²) in [7, 11) is -2.25. The maximum atomic E-state index is 14.3. The molecular weight excluding hydrogens is 620 g/mol. The normalized spacial score (nSPS) is 20.4. The van der Waals surface area contributed by atoms with Crippen LogP contribution in [0.15, 0.2) is 83.8 Å². The molecule has 3 aromatic rings. The van der Waals surface area contributed by atoms with Crippen LogP contribution < -0.4 is 15.4 Å². The predicted octanol–water partition coefficient (Wildman–Crippen LogP) is 5.45. The lowest BCUT2D eigenvalue weighted by Gasteiger charge is -2.35. The van der Waals surface area contributed by atoms with Gasteiger partial charge in [-0.05, 0) is 75.6 Å². The summed E-state index contributed by atoms with van der Waals surface area (Å²) in [6.07, 6.45) is 1.50. The average molecular weight is 667 g/mol. The van der Waals surface area contributed by atoms with Gasteiger partial charge in [-0.25, -0.2) is 13.2 Å². The second-order valence-corrected chi connectivity index (χ2v) is 14.1. The Labute approximate surface area is 277 Å². The number of hydrogen-bond acceptors (Lipinski definition) is 7. The summed E-state index contributed by atoms with van der Waals surface area (Å²) in [5.41, 5.74) is 1.24. The molecule has 0 aliphatic carbocycles. The molecule has 254 valence electrons. The summed E-state index contributed by atoms with van der Waals surface area (Å²) in [6, 6.07) is 21.1. The Balaban J connectivity index is 1.63. The Morgan fingerprint density at radius 3 is 2.34 bits per heavy atom. The first kappa shape index (κ1) is 35.9. The minimum atomic E-state index is -3.77. The third-order valence-electron chi connectivity index (χ3n) is 8.23. The molecule has 12 heteroatoms. The lowest BCUT2D eigenvalue weighted by Crippen LogP contribution is -2.48. The molecule has 3 amide bonds. The number of sulfonamides is 1. The molecule has 4 atom stereocenters. The first-order chi connectivity index (χ1) is 22.5. The van der Waals surface area contributed by atoms with E-state index in [1.165, 1.54) is 11.4 Å². The van der Waals surface area contributed by atoms with E-state index in [9.17, 15) is 23.1 Å². The van der Waals surface area contributed by atoms with E-state index in [2.05, 4.69) is 10.6 Å². The maximum absolute atomic E-state index is 14.3. The number of amides is 3. The van der Waals surface area contributed by atoms with Gasteiger partial charge in [-0.15, -0.1) is 0 Å². The van der Waals surface area contributed by atoms with Crippen LogP contribution in [-0.4, -0.2) is 86.3 Å².